The van der Waals surface area contributed by atoms with E-state index in [9.17, 15) is 12.8 Å². The highest BCUT2D eigenvalue weighted by molar-refractivity contribution is 7.98. The molecule has 0 atom stereocenters. The largest absolute Gasteiger partial charge is 0.431 e. The van der Waals surface area contributed by atoms with Gasteiger partial charge in [0.15, 0.2) is 5.76 Å². The molecule has 10 heteroatoms. The quantitative estimate of drug-likeness (QED) is 0.384. The molecule has 31 heavy (non-hydrogen) atoms. The maximum absolute atomic E-state index is 13.1. The van der Waals surface area contributed by atoms with E-state index in [-0.39, 0.29) is 10.7 Å². The monoisotopic (exact) mass is 460 g/mol. The number of nitrogens with one attached hydrogen (secondary N) is 1. The molecule has 0 fully saturated rings. The van der Waals surface area contributed by atoms with Crippen LogP contribution >= 0.6 is 11.8 Å². The standard InChI is InChI=1S/C21H21FN4O3S2/c1-3-26(4-2)31(27,28)16-9-10-17-18(11-16)25-20(24-17)13-30-21-23-12-19(29-21)14-5-7-15(22)8-6-14/h5-12H,3-4,13H2,1-2H3,(H,24,25). The van der Waals surface area contributed by atoms with Crippen LogP contribution in [0.25, 0.3) is 22.4 Å². The molecule has 0 amide bonds. The predicted molar refractivity (Wildman–Crippen MR) is 118 cm³/mol. The van der Waals surface area contributed by atoms with Gasteiger partial charge in [-0.05, 0) is 42.5 Å². The summed E-state index contributed by atoms with van der Waals surface area (Å²) in [5.74, 6) is 1.39. The zero-order chi connectivity index (χ0) is 22.0. The van der Waals surface area contributed by atoms with Crippen molar-refractivity contribution in [3.63, 3.8) is 0 Å². The van der Waals surface area contributed by atoms with Crippen LogP contribution < -0.4 is 0 Å². The zero-order valence-electron chi connectivity index (χ0n) is 17.0. The van der Waals surface area contributed by atoms with Gasteiger partial charge in [0, 0.05) is 18.7 Å². The van der Waals surface area contributed by atoms with Gasteiger partial charge in [-0.25, -0.2) is 22.8 Å². The second-order valence-corrected chi connectivity index (χ2v) is 9.60. The number of oxazole rings is 1. The molecule has 0 bridgehead atoms. The van der Waals surface area contributed by atoms with Crippen molar-refractivity contribution in [2.24, 2.45) is 0 Å². The summed E-state index contributed by atoms with van der Waals surface area (Å²) in [6.07, 6.45) is 1.60. The third kappa shape index (κ3) is 4.51. The number of H-pyrrole nitrogens is 1. The van der Waals surface area contributed by atoms with Crippen LogP contribution in [0.15, 0.2) is 63.2 Å². The van der Waals surface area contributed by atoms with Gasteiger partial charge in [-0.1, -0.05) is 25.6 Å². The van der Waals surface area contributed by atoms with Gasteiger partial charge < -0.3 is 9.40 Å². The van der Waals surface area contributed by atoms with E-state index in [0.29, 0.717) is 46.7 Å². The van der Waals surface area contributed by atoms with Crippen molar-refractivity contribution in [2.75, 3.05) is 13.1 Å². The third-order valence-corrected chi connectivity index (χ3v) is 7.69. The van der Waals surface area contributed by atoms with E-state index in [1.807, 2.05) is 13.8 Å². The molecule has 0 aliphatic carbocycles. The van der Waals surface area contributed by atoms with Gasteiger partial charge in [0.25, 0.3) is 5.22 Å². The Labute approximate surface area is 183 Å². The number of benzene rings is 2. The number of nitrogens with zero attached hydrogens (tertiary/aromatic N) is 3. The van der Waals surface area contributed by atoms with E-state index in [2.05, 4.69) is 15.0 Å². The van der Waals surface area contributed by atoms with E-state index >= 15 is 0 Å². The maximum atomic E-state index is 13.1. The predicted octanol–water partition coefficient (Wildman–Crippen LogP) is 4.68. The molecule has 2 aromatic carbocycles. The highest BCUT2D eigenvalue weighted by atomic mass is 32.2. The SMILES string of the molecule is CCN(CC)S(=O)(=O)c1ccc2nc(CSc3ncc(-c4ccc(F)cc4)o3)[nH]c2c1. The van der Waals surface area contributed by atoms with Crippen LogP contribution in [0.3, 0.4) is 0 Å². The van der Waals surface area contributed by atoms with Crippen molar-refractivity contribution >= 4 is 32.8 Å². The van der Waals surface area contributed by atoms with Gasteiger partial charge in [0.2, 0.25) is 10.0 Å². The minimum atomic E-state index is -3.53. The van der Waals surface area contributed by atoms with E-state index in [1.54, 1.807) is 36.5 Å². The number of imidazole rings is 1. The Morgan fingerprint density at radius 1 is 1.13 bits per heavy atom. The topological polar surface area (TPSA) is 92.1 Å². The van der Waals surface area contributed by atoms with Gasteiger partial charge in [0.1, 0.15) is 11.6 Å². The van der Waals surface area contributed by atoms with Crippen molar-refractivity contribution in [1.82, 2.24) is 19.3 Å². The molecule has 1 N–H and O–H groups in total. The first-order valence-electron chi connectivity index (χ1n) is 9.74. The number of hydrogen-bond acceptors (Lipinski definition) is 6. The molecule has 0 aliphatic heterocycles. The average molecular weight is 461 g/mol. The van der Waals surface area contributed by atoms with Crippen LogP contribution in [0.5, 0.6) is 0 Å². The Morgan fingerprint density at radius 3 is 2.58 bits per heavy atom. The Bertz CT molecular complexity index is 1300. The minimum Gasteiger partial charge on any atom is -0.431 e. The molecule has 0 saturated heterocycles. The highest BCUT2D eigenvalue weighted by Crippen LogP contribution is 2.28. The summed E-state index contributed by atoms with van der Waals surface area (Å²) in [5, 5.41) is 0.463. The van der Waals surface area contributed by atoms with Crippen LogP contribution in [0.1, 0.15) is 19.7 Å². The summed E-state index contributed by atoms with van der Waals surface area (Å²) in [6.45, 7) is 4.46. The number of hydrogen-bond donors (Lipinski definition) is 1. The van der Waals surface area contributed by atoms with Gasteiger partial charge in [0.05, 0.1) is 27.9 Å². The fourth-order valence-corrected chi connectivity index (χ4v) is 5.34. The van der Waals surface area contributed by atoms with Crippen LogP contribution in [0, 0.1) is 5.82 Å². The minimum absolute atomic E-state index is 0.239. The Kier molecular flexibility index (Phi) is 6.12. The molecule has 0 saturated carbocycles. The van der Waals surface area contributed by atoms with Crippen LogP contribution in [-0.2, 0) is 15.8 Å². The number of aromatic nitrogens is 3. The summed E-state index contributed by atoms with van der Waals surface area (Å²) < 4.78 is 45.7. The molecular weight excluding hydrogens is 439 g/mol. The normalized spacial score (nSPS) is 12.1. The van der Waals surface area contributed by atoms with E-state index < -0.39 is 10.0 Å². The molecule has 0 spiro atoms. The van der Waals surface area contributed by atoms with E-state index in [4.69, 9.17) is 4.42 Å². The van der Waals surface area contributed by atoms with Crippen molar-refractivity contribution in [2.45, 2.75) is 29.7 Å². The van der Waals surface area contributed by atoms with Gasteiger partial charge in [-0.2, -0.15) is 4.31 Å². The summed E-state index contributed by atoms with van der Waals surface area (Å²) in [7, 11) is -3.53. The molecule has 0 aliphatic rings. The summed E-state index contributed by atoms with van der Waals surface area (Å²) in [6, 6.07) is 10.9. The first-order chi connectivity index (χ1) is 14.9. The Hall–Kier alpha value is -2.69. The molecule has 162 valence electrons. The number of halogens is 1. The zero-order valence-corrected chi connectivity index (χ0v) is 18.6. The summed E-state index contributed by atoms with van der Waals surface area (Å²) in [4.78, 5) is 12.2. The fourth-order valence-electron chi connectivity index (χ4n) is 3.19. The number of fused-ring (bicyclic) bond motifs is 1. The number of aromatic amines is 1. The molecule has 4 aromatic rings. The van der Waals surface area contributed by atoms with Crippen molar-refractivity contribution in [1.29, 1.82) is 0 Å². The first-order valence-corrected chi connectivity index (χ1v) is 12.2. The van der Waals surface area contributed by atoms with Crippen LogP contribution in [-0.4, -0.2) is 40.8 Å². The maximum Gasteiger partial charge on any atom is 0.256 e. The van der Waals surface area contributed by atoms with Gasteiger partial charge in [-0.15, -0.1) is 0 Å². The second-order valence-electron chi connectivity index (χ2n) is 6.74. The molecular formula is C21H21FN4O3S2. The number of thioether (sulfide) groups is 1. The molecule has 4 rings (SSSR count). The van der Waals surface area contributed by atoms with Crippen molar-refractivity contribution < 1.29 is 17.2 Å². The Balaban J connectivity index is 1.49. The summed E-state index contributed by atoms with van der Waals surface area (Å²) in [5.41, 5.74) is 2.09. The molecule has 0 unspecified atom stereocenters. The molecule has 2 aromatic heterocycles. The van der Waals surface area contributed by atoms with Crippen molar-refractivity contribution in [3.8, 4) is 11.3 Å². The second kappa shape index (κ2) is 8.81. The average Bonchev–Trinajstić information content (AvgIpc) is 3.39. The smallest absolute Gasteiger partial charge is 0.256 e. The lowest BCUT2D eigenvalue weighted by Crippen LogP contribution is -2.30. The van der Waals surface area contributed by atoms with Crippen LogP contribution in [0.2, 0.25) is 0 Å². The van der Waals surface area contributed by atoms with Crippen LogP contribution in [0.4, 0.5) is 4.39 Å². The molecule has 0 radical (unpaired) electrons. The third-order valence-electron chi connectivity index (χ3n) is 4.79. The van der Waals surface area contributed by atoms with Gasteiger partial charge >= 0.3 is 0 Å². The highest BCUT2D eigenvalue weighted by Gasteiger charge is 2.22. The number of sulfonamides is 1. The van der Waals surface area contributed by atoms with Crippen molar-refractivity contribution in [3.05, 3.63) is 60.3 Å². The molecule has 7 nitrogen and oxygen atoms in total. The van der Waals surface area contributed by atoms with Gasteiger partial charge in [-0.3, -0.25) is 0 Å². The lowest BCUT2D eigenvalue weighted by atomic mass is 10.2. The van der Waals surface area contributed by atoms with E-state index in [1.165, 1.54) is 28.2 Å². The lowest BCUT2D eigenvalue weighted by molar-refractivity contribution is 0.445. The number of rotatable bonds is 8. The lowest BCUT2D eigenvalue weighted by Gasteiger charge is -2.18. The van der Waals surface area contributed by atoms with E-state index in [0.717, 1.165) is 5.56 Å². The summed E-state index contributed by atoms with van der Waals surface area (Å²) >= 11 is 1.36. The first kappa shape index (κ1) is 21.5. The molecule has 2 heterocycles. The fraction of sp³-hybridized carbons (Fsp3) is 0.238. The Morgan fingerprint density at radius 2 is 1.87 bits per heavy atom.